The summed E-state index contributed by atoms with van der Waals surface area (Å²) in [5, 5.41) is 4.84. The molecule has 0 spiro atoms. The van der Waals surface area contributed by atoms with Gasteiger partial charge in [0.05, 0.1) is 17.1 Å². The highest BCUT2D eigenvalue weighted by Gasteiger charge is 2.36. The van der Waals surface area contributed by atoms with E-state index in [0.29, 0.717) is 48.0 Å². The number of carbonyl (C=O) groups is 1. The monoisotopic (exact) mass is 545 g/mol. The van der Waals surface area contributed by atoms with Gasteiger partial charge in [0.1, 0.15) is 18.8 Å². The first-order chi connectivity index (χ1) is 17.9. The van der Waals surface area contributed by atoms with E-state index < -0.39 is 24.9 Å². The van der Waals surface area contributed by atoms with Crippen molar-refractivity contribution in [1.29, 1.82) is 0 Å². The molecule has 2 aromatic carbocycles. The van der Waals surface area contributed by atoms with Crippen LogP contribution in [0.2, 0.25) is 0 Å². The van der Waals surface area contributed by atoms with Gasteiger partial charge in [-0.3, -0.25) is 4.79 Å². The number of nitrogen functional groups attached to an aromatic ring is 1. The van der Waals surface area contributed by atoms with E-state index in [0.717, 1.165) is 53.3 Å². The van der Waals surface area contributed by atoms with Crippen LogP contribution in [0.25, 0.3) is 10.9 Å². The summed E-state index contributed by atoms with van der Waals surface area (Å²) < 4.78 is 54.5. The van der Waals surface area contributed by atoms with Crippen LogP contribution in [0.1, 0.15) is 54.4 Å². The van der Waals surface area contributed by atoms with Crippen LogP contribution in [0.5, 0.6) is 0 Å². The Kier molecular flexibility index (Phi) is 6.66. The number of amides is 1. The van der Waals surface area contributed by atoms with E-state index in [-0.39, 0.29) is 11.6 Å². The standard InChI is InChI=1S/C27H31F3N5O2P/c1-15(18-11-19(27(28,29)30)13-20(31)12-18)32-26-23-14-24(38(37)9-7-35(8-10-38)17(3)36)21-5-4-6-22(21)25(23)33-16(2)34-26/h11-15H,4-10,31H2,1-3H3,(H,32,33,34)/t15-/m1/s1. The van der Waals surface area contributed by atoms with E-state index in [4.69, 9.17) is 10.7 Å². The van der Waals surface area contributed by atoms with Crippen LogP contribution >= 0.6 is 7.14 Å². The lowest BCUT2D eigenvalue weighted by molar-refractivity contribution is -0.137. The Bertz CT molecular complexity index is 1480. The predicted octanol–water partition coefficient (Wildman–Crippen LogP) is 5.05. The van der Waals surface area contributed by atoms with Crippen molar-refractivity contribution in [3.63, 3.8) is 0 Å². The number of anilines is 2. The number of halogens is 3. The number of carbonyl (C=O) groups excluding carboxylic acids is 1. The largest absolute Gasteiger partial charge is 0.416 e. The van der Waals surface area contributed by atoms with Crippen LogP contribution in [0, 0.1) is 6.92 Å². The third-order valence-electron chi connectivity index (χ3n) is 7.66. The first kappa shape index (κ1) is 26.5. The predicted molar refractivity (Wildman–Crippen MR) is 143 cm³/mol. The lowest BCUT2D eigenvalue weighted by atomic mass is 10.0. The molecule has 1 aliphatic carbocycles. The highest BCUT2D eigenvalue weighted by Crippen LogP contribution is 2.50. The zero-order valence-electron chi connectivity index (χ0n) is 21.7. The summed E-state index contributed by atoms with van der Waals surface area (Å²) >= 11 is 0. The second-order valence-corrected chi connectivity index (χ2v) is 13.5. The number of fused-ring (bicyclic) bond motifs is 3. The molecule has 1 aromatic heterocycles. The average molecular weight is 546 g/mol. The fourth-order valence-corrected chi connectivity index (χ4v) is 8.59. The van der Waals surface area contributed by atoms with Gasteiger partial charge in [-0.05, 0) is 74.1 Å². The Morgan fingerprint density at radius 3 is 2.45 bits per heavy atom. The van der Waals surface area contributed by atoms with E-state index >= 15 is 0 Å². The zero-order valence-corrected chi connectivity index (χ0v) is 22.5. The lowest BCUT2D eigenvalue weighted by Crippen LogP contribution is -2.40. The van der Waals surface area contributed by atoms with Crippen molar-refractivity contribution in [2.75, 3.05) is 36.5 Å². The topological polar surface area (TPSA) is 101 Å². The third kappa shape index (κ3) is 4.86. The molecule has 11 heteroatoms. The van der Waals surface area contributed by atoms with Crippen LogP contribution < -0.4 is 16.4 Å². The Morgan fingerprint density at radius 1 is 1.11 bits per heavy atom. The van der Waals surface area contributed by atoms with E-state index in [1.807, 2.05) is 6.07 Å². The number of rotatable bonds is 4. The number of aromatic nitrogens is 2. The van der Waals surface area contributed by atoms with Crippen LogP contribution in [-0.4, -0.2) is 46.2 Å². The van der Waals surface area contributed by atoms with Gasteiger partial charge in [0.2, 0.25) is 5.91 Å². The summed E-state index contributed by atoms with van der Waals surface area (Å²) in [6, 6.07) is 4.93. The Hall–Kier alpha value is -3.13. The second kappa shape index (κ2) is 9.56. The van der Waals surface area contributed by atoms with Gasteiger partial charge in [0.25, 0.3) is 0 Å². The molecular weight excluding hydrogens is 514 g/mol. The fourth-order valence-electron chi connectivity index (χ4n) is 5.66. The number of benzene rings is 2. The molecular formula is C27H31F3N5O2P. The normalized spacial score (nSPS) is 17.9. The van der Waals surface area contributed by atoms with Gasteiger partial charge in [-0.2, -0.15) is 13.2 Å². The number of hydrogen-bond acceptors (Lipinski definition) is 6. The smallest absolute Gasteiger partial charge is 0.399 e. The molecule has 1 saturated heterocycles. The van der Waals surface area contributed by atoms with Gasteiger partial charge in [-0.25, -0.2) is 9.97 Å². The minimum atomic E-state index is -4.51. The molecule has 0 unspecified atom stereocenters. The maximum Gasteiger partial charge on any atom is 0.416 e. The summed E-state index contributed by atoms with van der Waals surface area (Å²) in [4.78, 5) is 22.9. The minimum Gasteiger partial charge on any atom is -0.399 e. The second-order valence-electron chi connectivity index (χ2n) is 10.3. The SMILES string of the molecule is CC(=O)N1CCP(=O)(c2cc3c(N[C@H](C)c4cc(N)cc(C(F)(F)F)c4)nc(C)nc3c3c2CCC3)CC1. The fraction of sp³-hybridized carbons (Fsp3) is 0.444. The summed E-state index contributed by atoms with van der Waals surface area (Å²) in [5.74, 6) is 1.01. The van der Waals surface area contributed by atoms with Crippen molar-refractivity contribution in [3.05, 3.63) is 52.3 Å². The van der Waals surface area contributed by atoms with E-state index in [1.54, 1.807) is 18.7 Å². The molecule has 7 nitrogen and oxygen atoms in total. The summed E-state index contributed by atoms with van der Waals surface area (Å²) in [6.45, 7) is 5.99. The van der Waals surface area contributed by atoms with E-state index in [2.05, 4.69) is 10.3 Å². The van der Waals surface area contributed by atoms with Gasteiger partial charge in [0, 0.05) is 48.7 Å². The number of aryl methyl sites for hydroxylation is 2. The maximum atomic E-state index is 14.3. The molecule has 3 N–H and O–H groups in total. The number of nitrogens with zero attached hydrogens (tertiary/aromatic N) is 3. The van der Waals surface area contributed by atoms with Gasteiger partial charge >= 0.3 is 6.18 Å². The van der Waals surface area contributed by atoms with Crippen molar-refractivity contribution in [1.82, 2.24) is 14.9 Å². The highest BCUT2D eigenvalue weighted by atomic mass is 31.2. The summed E-state index contributed by atoms with van der Waals surface area (Å²) in [5.41, 5.74) is 8.37. The molecule has 5 rings (SSSR count). The molecule has 202 valence electrons. The number of alkyl halides is 3. The van der Waals surface area contributed by atoms with Crippen molar-refractivity contribution in [2.24, 2.45) is 0 Å². The lowest BCUT2D eigenvalue weighted by Gasteiger charge is -2.33. The number of nitrogens with two attached hydrogens (primary N) is 1. The molecule has 0 saturated carbocycles. The van der Waals surface area contributed by atoms with Crippen LogP contribution in [-0.2, 0) is 28.4 Å². The Balaban J connectivity index is 1.58. The van der Waals surface area contributed by atoms with Crippen LogP contribution in [0.15, 0.2) is 24.3 Å². The van der Waals surface area contributed by atoms with Crippen LogP contribution in [0.3, 0.4) is 0 Å². The molecule has 1 amide bonds. The zero-order chi connectivity index (χ0) is 27.4. The molecule has 0 radical (unpaired) electrons. The average Bonchev–Trinajstić information content (AvgIpc) is 3.33. The molecule has 1 aliphatic heterocycles. The molecule has 38 heavy (non-hydrogen) atoms. The molecule has 3 aromatic rings. The minimum absolute atomic E-state index is 0.0143. The van der Waals surface area contributed by atoms with Gasteiger partial charge < -0.3 is 20.5 Å². The first-order valence-electron chi connectivity index (χ1n) is 12.8. The van der Waals surface area contributed by atoms with Crippen molar-refractivity contribution >= 4 is 40.8 Å². The summed E-state index contributed by atoms with van der Waals surface area (Å²) in [6.07, 6.45) is -1.07. The molecule has 2 aliphatic rings. The number of hydrogen-bond donors (Lipinski definition) is 2. The van der Waals surface area contributed by atoms with E-state index in [9.17, 15) is 22.5 Å². The van der Waals surface area contributed by atoms with Crippen molar-refractivity contribution in [3.8, 4) is 0 Å². The quantitative estimate of drug-likeness (QED) is 0.352. The van der Waals surface area contributed by atoms with E-state index in [1.165, 1.54) is 13.0 Å². The number of nitrogens with one attached hydrogen (secondary N) is 1. The van der Waals surface area contributed by atoms with Crippen molar-refractivity contribution < 1.29 is 22.5 Å². The summed E-state index contributed by atoms with van der Waals surface area (Å²) in [7, 11) is -2.76. The maximum absolute atomic E-state index is 14.3. The molecule has 1 fully saturated rings. The van der Waals surface area contributed by atoms with Crippen molar-refractivity contribution in [2.45, 2.75) is 52.3 Å². The highest BCUT2D eigenvalue weighted by molar-refractivity contribution is 7.71. The molecule has 1 atom stereocenters. The first-order valence-corrected chi connectivity index (χ1v) is 14.8. The molecule has 0 bridgehead atoms. The van der Waals surface area contributed by atoms with Gasteiger partial charge in [0.15, 0.2) is 0 Å². The van der Waals surface area contributed by atoms with Gasteiger partial charge in [-0.1, -0.05) is 0 Å². The van der Waals surface area contributed by atoms with Gasteiger partial charge in [-0.15, -0.1) is 0 Å². The Labute approximate surface area is 219 Å². The van der Waals surface area contributed by atoms with Crippen LogP contribution in [0.4, 0.5) is 24.7 Å². The molecule has 2 heterocycles. The Morgan fingerprint density at radius 2 is 1.79 bits per heavy atom. The third-order valence-corrected chi connectivity index (χ3v) is 10.8.